The molecule has 1 unspecified atom stereocenters. The fourth-order valence-electron chi connectivity index (χ4n) is 3.26. The van der Waals surface area contributed by atoms with Crippen LogP contribution < -0.4 is 4.72 Å². The molecule has 0 aliphatic carbocycles. The van der Waals surface area contributed by atoms with E-state index in [1.807, 2.05) is 11.0 Å². The normalized spacial score (nSPS) is 17.2. The highest BCUT2D eigenvalue weighted by Crippen LogP contribution is 2.34. The van der Waals surface area contributed by atoms with Crippen molar-refractivity contribution in [1.82, 2.24) is 9.62 Å². The molecule has 3 rings (SSSR count). The zero-order valence-electron chi connectivity index (χ0n) is 15.3. The van der Waals surface area contributed by atoms with Crippen LogP contribution in [0.1, 0.15) is 17.2 Å². The van der Waals surface area contributed by atoms with Gasteiger partial charge in [-0.15, -0.1) is 0 Å². The van der Waals surface area contributed by atoms with Crippen molar-refractivity contribution in [2.45, 2.75) is 17.1 Å². The van der Waals surface area contributed by atoms with Gasteiger partial charge in [-0.25, -0.2) is 13.1 Å². The average molecular weight is 449 g/mol. The van der Waals surface area contributed by atoms with Crippen molar-refractivity contribution >= 4 is 21.6 Å². The molecule has 0 bridgehead atoms. The minimum atomic E-state index is -4.78. The average Bonchev–Trinajstić information content (AvgIpc) is 2.68. The number of morpholine rings is 1. The van der Waals surface area contributed by atoms with Gasteiger partial charge in [0.2, 0.25) is 10.0 Å². The van der Waals surface area contributed by atoms with Crippen molar-refractivity contribution in [3.63, 3.8) is 0 Å². The Balaban J connectivity index is 1.87. The number of halogens is 4. The molecule has 1 fully saturated rings. The zero-order chi connectivity index (χ0) is 21.1. The monoisotopic (exact) mass is 448 g/mol. The van der Waals surface area contributed by atoms with Gasteiger partial charge in [-0.1, -0.05) is 35.9 Å². The van der Waals surface area contributed by atoms with Crippen molar-refractivity contribution in [1.29, 1.82) is 0 Å². The topological polar surface area (TPSA) is 58.6 Å². The second-order valence-electron chi connectivity index (χ2n) is 6.56. The van der Waals surface area contributed by atoms with Gasteiger partial charge in [0.25, 0.3) is 0 Å². The van der Waals surface area contributed by atoms with Crippen LogP contribution in [0.2, 0.25) is 5.02 Å². The Labute approximate surface area is 172 Å². The van der Waals surface area contributed by atoms with Crippen molar-refractivity contribution < 1.29 is 26.3 Å². The maximum atomic E-state index is 13.2. The Bertz CT molecular complexity index is 948. The Morgan fingerprint density at radius 3 is 2.45 bits per heavy atom. The summed E-state index contributed by atoms with van der Waals surface area (Å²) in [6, 6.07) is 10.7. The highest BCUT2D eigenvalue weighted by molar-refractivity contribution is 7.89. The van der Waals surface area contributed by atoms with Crippen LogP contribution in [0, 0.1) is 0 Å². The Hall–Kier alpha value is -1.65. The minimum Gasteiger partial charge on any atom is -0.379 e. The van der Waals surface area contributed by atoms with Gasteiger partial charge < -0.3 is 4.74 Å². The van der Waals surface area contributed by atoms with Crippen LogP contribution in [0.5, 0.6) is 0 Å². The van der Waals surface area contributed by atoms with Gasteiger partial charge in [-0.2, -0.15) is 13.2 Å². The van der Waals surface area contributed by atoms with E-state index in [9.17, 15) is 21.6 Å². The third-order valence-electron chi connectivity index (χ3n) is 4.67. The largest absolute Gasteiger partial charge is 0.417 e. The van der Waals surface area contributed by atoms with E-state index in [2.05, 4.69) is 4.72 Å². The third kappa shape index (κ3) is 5.49. The van der Waals surface area contributed by atoms with E-state index < -0.39 is 32.7 Å². The smallest absolute Gasteiger partial charge is 0.379 e. The number of nitrogens with one attached hydrogen (secondary N) is 1. The summed E-state index contributed by atoms with van der Waals surface area (Å²) in [5.74, 6) is 0. The predicted octanol–water partition coefficient (Wildman–Crippen LogP) is 3.71. The molecule has 1 aliphatic heterocycles. The lowest BCUT2D eigenvalue weighted by molar-refractivity contribution is -0.139. The summed E-state index contributed by atoms with van der Waals surface area (Å²) in [4.78, 5) is 1.23. The summed E-state index contributed by atoms with van der Waals surface area (Å²) in [5, 5.41) is 0.492. The molecule has 0 spiro atoms. The number of sulfonamides is 1. The second kappa shape index (κ2) is 9.01. The standard InChI is InChI=1S/C19H20ClF3N2O3S/c20-15-5-3-4-14(12-15)17(25-8-10-28-11-9-25)13-24-29(26,27)18-7-2-1-6-16(18)19(21,22)23/h1-7,12,17,24H,8-11,13H2. The molecule has 10 heteroatoms. The third-order valence-corrected chi connectivity index (χ3v) is 6.39. The molecular weight excluding hydrogens is 429 g/mol. The highest BCUT2D eigenvalue weighted by atomic mass is 35.5. The molecule has 0 saturated carbocycles. The molecule has 2 aromatic carbocycles. The first-order chi connectivity index (χ1) is 13.7. The SMILES string of the molecule is O=S(=O)(NCC(c1cccc(Cl)c1)N1CCOCC1)c1ccccc1C(F)(F)F. The number of benzene rings is 2. The van der Waals surface area contributed by atoms with E-state index in [-0.39, 0.29) is 6.54 Å². The van der Waals surface area contributed by atoms with Gasteiger partial charge in [0.15, 0.2) is 0 Å². The number of hydrogen-bond acceptors (Lipinski definition) is 4. The van der Waals surface area contributed by atoms with Crippen LogP contribution in [-0.4, -0.2) is 46.2 Å². The number of nitrogens with zero attached hydrogens (tertiary/aromatic N) is 1. The van der Waals surface area contributed by atoms with Crippen LogP contribution in [0.4, 0.5) is 13.2 Å². The lowest BCUT2D eigenvalue weighted by atomic mass is 10.1. The summed E-state index contributed by atoms with van der Waals surface area (Å²) < 4.78 is 72.9. The number of ether oxygens (including phenoxy) is 1. The highest BCUT2D eigenvalue weighted by Gasteiger charge is 2.37. The van der Waals surface area contributed by atoms with Crippen LogP contribution >= 0.6 is 11.6 Å². The predicted molar refractivity (Wildman–Crippen MR) is 103 cm³/mol. The molecule has 1 atom stereocenters. The van der Waals surface area contributed by atoms with Crippen LogP contribution in [0.15, 0.2) is 53.4 Å². The van der Waals surface area contributed by atoms with Gasteiger partial charge in [0, 0.05) is 30.7 Å². The van der Waals surface area contributed by atoms with E-state index >= 15 is 0 Å². The second-order valence-corrected chi connectivity index (χ2v) is 8.74. The van der Waals surface area contributed by atoms with Gasteiger partial charge in [-0.3, -0.25) is 4.90 Å². The summed E-state index contributed by atoms with van der Waals surface area (Å²) in [6.45, 7) is 2.01. The number of hydrogen-bond donors (Lipinski definition) is 1. The Kier molecular flexibility index (Phi) is 6.85. The molecule has 0 aromatic heterocycles. The van der Waals surface area contributed by atoms with Gasteiger partial charge in [0.05, 0.1) is 23.7 Å². The summed E-state index contributed by atoms with van der Waals surface area (Å²) >= 11 is 6.08. The lowest BCUT2D eigenvalue weighted by Gasteiger charge is -2.35. The quantitative estimate of drug-likeness (QED) is 0.732. The molecule has 5 nitrogen and oxygen atoms in total. The fourth-order valence-corrected chi connectivity index (χ4v) is 4.72. The van der Waals surface area contributed by atoms with Crippen LogP contribution in [-0.2, 0) is 20.9 Å². The van der Waals surface area contributed by atoms with Crippen LogP contribution in [0.3, 0.4) is 0 Å². The van der Waals surface area contributed by atoms with Crippen LogP contribution in [0.25, 0.3) is 0 Å². The maximum absolute atomic E-state index is 13.2. The Morgan fingerprint density at radius 1 is 1.10 bits per heavy atom. The summed E-state index contributed by atoms with van der Waals surface area (Å²) in [7, 11) is -4.39. The van der Waals surface area contributed by atoms with E-state index in [4.69, 9.17) is 16.3 Å². The first-order valence-electron chi connectivity index (χ1n) is 8.91. The maximum Gasteiger partial charge on any atom is 0.417 e. The molecule has 1 N–H and O–H groups in total. The molecule has 1 aliphatic rings. The van der Waals surface area contributed by atoms with E-state index in [0.717, 1.165) is 23.8 Å². The molecule has 0 radical (unpaired) electrons. The molecular formula is C19H20ClF3N2O3S. The van der Waals surface area contributed by atoms with Gasteiger partial charge in [0.1, 0.15) is 0 Å². The molecule has 2 aromatic rings. The first kappa shape index (κ1) is 22.0. The zero-order valence-corrected chi connectivity index (χ0v) is 16.9. The van der Waals surface area contributed by atoms with E-state index in [0.29, 0.717) is 31.3 Å². The summed E-state index contributed by atoms with van der Waals surface area (Å²) in [6.07, 6.45) is -4.78. The number of alkyl halides is 3. The van der Waals surface area contributed by atoms with Crippen molar-refractivity contribution in [3.05, 3.63) is 64.7 Å². The van der Waals surface area contributed by atoms with E-state index in [1.54, 1.807) is 18.2 Å². The summed E-state index contributed by atoms with van der Waals surface area (Å²) in [5.41, 5.74) is -0.426. The fraction of sp³-hybridized carbons (Fsp3) is 0.368. The minimum absolute atomic E-state index is 0.102. The van der Waals surface area contributed by atoms with Crippen molar-refractivity contribution in [3.8, 4) is 0 Å². The molecule has 0 amide bonds. The number of rotatable bonds is 6. The van der Waals surface area contributed by atoms with Gasteiger partial charge >= 0.3 is 6.18 Å². The molecule has 1 saturated heterocycles. The first-order valence-corrected chi connectivity index (χ1v) is 10.8. The molecule has 29 heavy (non-hydrogen) atoms. The Morgan fingerprint density at radius 2 is 1.79 bits per heavy atom. The lowest BCUT2D eigenvalue weighted by Crippen LogP contribution is -2.44. The van der Waals surface area contributed by atoms with Crippen molar-refractivity contribution in [2.24, 2.45) is 0 Å². The van der Waals surface area contributed by atoms with E-state index in [1.165, 1.54) is 6.07 Å². The van der Waals surface area contributed by atoms with Gasteiger partial charge in [-0.05, 0) is 29.8 Å². The molecule has 158 valence electrons. The van der Waals surface area contributed by atoms with Crippen molar-refractivity contribution in [2.75, 3.05) is 32.8 Å². The molecule has 1 heterocycles.